The Morgan fingerprint density at radius 3 is 2.93 bits per heavy atom. The van der Waals surface area contributed by atoms with Gasteiger partial charge in [0.25, 0.3) is 0 Å². The number of nitrogens with one attached hydrogen (secondary N) is 1. The molecule has 2 atom stereocenters. The summed E-state index contributed by atoms with van der Waals surface area (Å²) in [5, 5.41) is 12.7. The Hall–Kier alpha value is -0.610. The number of aliphatic hydroxyl groups is 1. The lowest BCUT2D eigenvalue weighted by Gasteiger charge is -2.31. The minimum absolute atomic E-state index is 0.153. The maximum absolute atomic E-state index is 11.9. The van der Waals surface area contributed by atoms with Gasteiger partial charge in [-0.15, -0.1) is 0 Å². The van der Waals surface area contributed by atoms with Gasteiger partial charge in [-0.25, -0.2) is 0 Å². The molecule has 0 aromatic heterocycles. The highest BCUT2D eigenvalue weighted by Gasteiger charge is 2.29. The van der Waals surface area contributed by atoms with E-state index >= 15 is 0 Å². The van der Waals surface area contributed by atoms with E-state index in [-0.39, 0.29) is 17.9 Å². The first kappa shape index (κ1) is 9.93. The number of hydrogen-bond acceptors (Lipinski definition) is 3. The summed E-state index contributed by atoms with van der Waals surface area (Å²) in [6.45, 7) is 3.12. The molecule has 2 aliphatic rings. The van der Waals surface area contributed by atoms with Gasteiger partial charge in [-0.05, 0) is 25.8 Å². The van der Waals surface area contributed by atoms with Gasteiger partial charge in [-0.3, -0.25) is 4.79 Å². The molecule has 4 nitrogen and oxygen atoms in total. The van der Waals surface area contributed by atoms with Gasteiger partial charge in [0, 0.05) is 19.6 Å². The van der Waals surface area contributed by atoms with Crippen molar-refractivity contribution >= 4 is 5.91 Å². The number of aliphatic hydroxyl groups excluding tert-OH is 1. The summed E-state index contributed by atoms with van der Waals surface area (Å²) in [5.74, 6) is 0.383. The fourth-order valence-corrected chi connectivity index (χ4v) is 2.28. The summed E-state index contributed by atoms with van der Waals surface area (Å²) >= 11 is 0. The van der Waals surface area contributed by atoms with Crippen LogP contribution in [0.4, 0.5) is 0 Å². The number of likely N-dealkylation sites (tertiary alicyclic amines) is 1. The van der Waals surface area contributed by atoms with Crippen LogP contribution in [0.2, 0.25) is 0 Å². The van der Waals surface area contributed by atoms with Crippen LogP contribution in [0.3, 0.4) is 0 Å². The van der Waals surface area contributed by atoms with E-state index < -0.39 is 0 Å². The number of rotatable bonds is 1. The molecule has 2 unspecified atom stereocenters. The van der Waals surface area contributed by atoms with E-state index in [4.69, 9.17) is 0 Å². The number of β-amino-alcohol motifs (C(OH)–C–C–N with tert-alkyl or cyclic N) is 1. The number of hydrogen-bond donors (Lipinski definition) is 2. The quantitative estimate of drug-likeness (QED) is 0.601. The zero-order valence-electron chi connectivity index (χ0n) is 8.41. The summed E-state index contributed by atoms with van der Waals surface area (Å²) < 4.78 is 0. The number of nitrogens with zero attached hydrogens (tertiary/aromatic N) is 1. The SMILES string of the molecule is O=C(C1CCNC1)N1CCCC(O)C1. The Morgan fingerprint density at radius 1 is 1.43 bits per heavy atom. The van der Waals surface area contributed by atoms with Crippen LogP contribution in [0.25, 0.3) is 0 Å². The highest BCUT2D eigenvalue weighted by atomic mass is 16.3. The molecule has 0 aromatic carbocycles. The zero-order valence-corrected chi connectivity index (χ0v) is 8.41. The van der Waals surface area contributed by atoms with Gasteiger partial charge in [0.1, 0.15) is 0 Å². The number of carbonyl (C=O) groups excluding carboxylic acids is 1. The molecule has 0 radical (unpaired) electrons. The lowest BCUT2D eigenvalue weighted by Crippen LogP contribution is -2.45. The van der Waals surface area contributed by atoms with Crippen molar-refractivity contribution < 1.29 is 9.90 Å². The molecule has 2 rings (SSSR count). The van der Waals surface area contributed by atoms with Crippen molar-refractivity contribution in [2.24, 2.45) is 5.92 Å². The minimum Gasteiger partial charge on any atom is -0.391 e. The third kappa shape index (κ3) is 2.07. The first-order valence-corrected chi connectivity index (χ1v) is 5.45. The van der Waals surface area contributed by atoms with Gasteiger partial charge in [-0.1, -0.05) is 0 Å². The van der Waals surface area contributed by atoms with Gasteiger partial charge >= 0.3 is 0 Å². The van der Waals surface area contributed by atoms with Crippen molar-refractivity contribution in [2.45, 2.75) is 25.4 Å². The molecule has 80 valence electrons. The standard InChI is InChI=1S/C10H18N2O2/c13-9-2-1-5-12(7-9)10(14)8-3-4-11-6-8/h8-9,11,13H,1-7H2. The van der Waals surface area contributed by atoms with E-state index in [0.29, 0.717) is 6.54 Å². The molecular weight excluding hydrogens is 180 g/mol. The van der Waals surface area contributed by atoms with Gasteiger partial charge in [0.15, 0.2) is 0 Å². The fraction of sp³-hybridized carbons (Fsp3) is 0.900. The Balaban J connectivity index is 1.89. The van der Waals surface area contributed by atoms with Crippen LogP contribution < -0.4 is 5.32 Å². The van der Waals surface area contributed by atoms with Gasteiger partial charge < -0.3 is 15.3 Å². The van der Waals surface area contributed by atoms with E-state index in [2.05, 4.69) is 5.32 Å². The molecule has 2 aliphatic heterocycles. The Kier molecular flexibility index (Phi) is 3.03. The largest absolute Gasteiger partial charge is 0.391 e. The van der Waals surface area contributed by atoms with Gasteiger partial charge in [0.05, 0.1) is 12.0 Å². The third-order valence-electron chi connectivity index (χ3n) is 3.12. The summed E-state index contributed by atoms with van der Waals surface area (Å²) in [6, 6.07) is 0. The second-order valence-electron chi connectivity index (χ2n) is 4.27. The third-order valence-corrected chi connectivity index (χ3v) is 3.12. The molecule has 2 heterocycles. The minimum atomic E-state index is -0.304. The predicted molar refractivity (Wildman–Crippen MR) is 52.8 cm³/mol. The maximum atomic E-state index is 11.9. The lowest BCUT2D eigenvalue weighted by atomic mass is 10.0. The molecule has 14 heavy (non-hydrogen) atoms. The first-order valence-electron chi connectivity index (χ1n) is 5.45. The van der Waals surface area contributed by atoms with Crippen LogP contribution in [0.1, 0.15) is 19.3 Å². The molecule has 2 fully saturated rings. The van der Waals surface area contributed by atoms with Crippen LogP contribution in [0.15, 0.2) is 0 Å². The molecule has 0 bridgehead atoms. The first-order chi connectivity index (χ1) is 6.77. The highest BCUT2D eigenvalue weighted by molar-refractivity contribution is 5.79. The second-order valence-corrected chi connectivity index (χ2v) is 4.27. The highest BCUT2D eigenvalue weighted by Crippen LogP contribution is 2.16. The lowest BCUT2D eigenvalue weighted by molar-refractivity contribution is -0.137. The summed E-state index contributed by atoms with van der Waals surface area (Å²) in [4.78, 5) is 13.7. The van der Waals surface area contributed by atoms with Crippen LogP contribution >= 0.6 is 0 Å². The Labute approximate surface area is 84.3 Å². The fourth-order valence-electron chi connectivity index (χ4n) is 2.28. The molecule has 2 saturated heterocycles. The topological polar surface area (TPSA) is 52.6 Å². The van der Waals surface area contributed by atoms with E-state index in [9.17, 15) is 9.90 Å². The van der Waals surface area contributed by atoms with Crippen LogP contribution in [-0.2, 0) is 4.79 Å². The summed E-state index contributed by atoms with van der Waals surface area (Å²) in [5.41, 5.74) is 0. The molecule has 0 aromatic rings. The summed E-state index contributed by atoms with van der Waals surface area (Å²) in [6.07, 6.45) is 2.42. The van der Waals surface area contributed by atoms with Crippen LogP contribution in [0.5, 0.6) is 0 Å². The van der Waals surface area contributed by atoms with Crippen molar-refractivity contribution in [1.29, 1.82) is 0 Å². The molecule has 0 spiro atoms. The second kappa shape index (κ2) is 4.28. The number of carbonyl (C=O) groups is 1. The molecule has 0 saturated carbocycles. The van der Waals surface area contributed by atoms with E-state index in [1.165, 1.54) is 0 Å². The van der Waals surface area contributed by atoms with Gasteiger partial charge in [0.2, 0.25) is 5.91 Å². The Bertz CT molecular complexity index is 214. The average Bonchev–Trinajstić information content (AvgIpc) is 2.69. The van der Waals surface area contributed by atoms with Crippen molar-refractivity contribution in [3.63, 3.8) is 0 Å². The molecule has 0 aliphatic carbocycles. The zero-order chi connectivity index (χ0) is 9.97. The normalized spacial score (nSPS) is 33.4. The van der Waals surface area contributed by atoms with E-state index in [1.807, 2.05) is 4.90 Å². The molecular formula is C10H18N2O2. The van der Waals surface area contributed by atoms with Crippen molar-refractivity contribution in [2.75, 3.05) is 26.2 Å². The molecule has 2 N–H and O–H groups in total. The van der Waals surface area contributed by atoms with Crippen molar-refractivity contribution in [1.82, 2.24) is 10.2 Å². The van der Waals surface area contributed by atoms with E-state index in [1.54, 1.807) is 0 Å². The predicted octanol–water partition coefficient (Wildman–Crippen LogP) is -0.421. The number of amides is 1. The molecule has 1 amide bonds. The summed E-state index contributed by atoms with van der Waals surface area (Å²) in [7, 11) is 0. The smallest absolute Gasteiger partial charge is 0.227 e. The van der Waals surface area contributed by atoms with Gasteiger partial charge in [-0.2, -0.15) is 0 Å². The molecule has 4 heteroatoms. The number of piperidine rings is 1. The average molecular weight is 198 g/mol. The van der Waals surface area contributed by atoms with Crippen LogP contribution in [-0.4, -0.2) is 48.2 Å². The van der Waals surface area contributed by atoms with Crippen molar-refractivity contribution in [3.8, 4) is 0 Å². The monoisotopic (exact) mass is 198 g/mol. The maximum Gasteiger partial charge on any atom is 0.227 e. The van der Waals surface area contributed by atoms with Crippen LogP contribution in [0, 0.1) is 5.92 Å². The Morgan fingerprint density at radius 2 is 2.29 bits per heavy atom. The van der Waals surface area contributed by atoms with Crippen molar-refractivity contribution in [3.05, 3.63) is 0 Å². The van der Waals surface area contributed by atoms with E-state index in [0.717, 1.165) is 38.9 Å².